The Bertz CT molecular complexity index is 611. The first-order valence-electron chi connectivity index (χ1n) is 6.00. The minimum atomic E-state index is -0.920. The Labute approximate surface area is 105 Å². The normalized spacial score (nSPS) is 12.9. The van der Waals surface area contributed by atoms with Gasteiger partial charge in [-0.05, 0) is 38.5 Å². The van der Waals surface area contributed by atoms with E-state index >= 15 is 0 Å². The molecule has 0 amide bonds. The van der Waals surface area contributed by atoms with E-state index < -0.39 is 12.1 Å². The van der Waals surface area contributed by atoms with E-state index in [2.05, 4.69) is 0 Å². The van der Waals surface area contributed by atoms with Crippen molar-refractivity contribution in [2.45, 2.75) is 33.4 Å². The lowest BCUT2D eigenvalue weighted by Gasteiger charge is -2.05. The Morgan fingerprint density at radius 2 is 2.11 bits per heavy atom. The summed E-state index contributed by atoms with van der Waals surface area (Å²) in [6.07, 6.45) is 1.33. The number of carboxylic acid groups (broad SMARTS) is 1. The van der Waals surface area contributed by atoms with Crippen LogP contribution in [0.4, 0.5) is 0 Å². The monoisotopic (exact) mass is 247 g/mol. The van der Waals surface area contributed by atoms with Crippen LogP contribution in [0.15, 0.2) is 18.3 Å². The van der Waals surface area contributed by atoms with Crippen LogP contribution in [0.5, 0.6) is 0 Å². The molecule has 2 aromatic rings. The summed E-state index contributed by atoms with van der Waals surface area (Å²) in [6.45, 7) is 6.23. The number of hydrogen-bond acceptors (Lipinski definition) is 2. The third-order valence-electron chi connectivity index (χ3n) is 3.28. The molecule has 0 saturated carbocycles. The van der Waals surface area contributed by atoms with Crippen molar-refractivity contribution in [2.24, 2.45) is 0 Å². The van der Waals surface area contributed by atoms with E-state index in [1.807, 2.05) is 23.8 Å². The molecule has 0 aliphatic carbocycles. The molecule has 96 valence electrons. The van der Waals surface area contributed by atoms with E-state index in [9.17, 15) is 9.90 Å². The maximum absolute atomic E-state index is 11.1. The van der Waals surface area contributed by atoms with Crippen LogP contribution in [-0.4, -0.2) is 20.7 Å². The van der Waals surface area contributed by atoms with Crippen molar-refractivity contribution in [3.63, 3.8) is 0 Å². The van der Waals surface area contributed by atoms with Crippen LogP contribution in [0, 0.1) is 6.92 Å². The molecule has 18 heavy (non-hydrogen) atoms. The first-order chi connectivity index (χ1) is 8.45. The molecule has 0 aliphatic heterocycles. The summed E-state index contributed by atoms with van der Waals surface area (Å²) in [5.74, 6) is -0.920. The van der Waals surface area contributed by atoms with Gasteiger partial charge in [-0.2, -0.15) is 0 Å². The standard InChI is InChI=1S/C14H17NO3/c1-4-15-7-12(9(3)16)11-5-8(2)10(14(17)18)6-13(11)15/h5-7,9,16H,4H2,1-3H3,(H,17,18). The number of aryl methyl sites for hydroxylation is 2. The summed E-state index contributed by atoms with van der Waals surface area (Å²) in [5, 5.41) is 19.8. The molecule has 0 spiro atoms. The maximum atomic E-state index is 11.1. The van der Waals surface area contributed by atoms with Crippen LogP contribution < -0.4 is 0 Å². The van der Waals surface area contributed by atoms with Crippen molar-refractivity contribution < 1.29 is 15.0 Å². The lowest BCUT2D eigenvalue weighted by Crippen LogP contribution is -2.01. The molecule has 2 N–H and O–H groups in total. The van der Waals surface area contributed by atoms with Crippen molar-refractivity contribution in [1.82, 2.24) is 4.57 Å². The molecule has 1 aromatic heterocycles. The van der Waals surface area contributed by atoms with Gasteiger partial charge < -0.3 is 14.8 Å². The van der Waals surface area contributed by atoms with Gasteiger partial charge in [-0.15, -0.1) is 0 Å². The number of aliphatic hydroxyl groups excluding tert-OH is 1. The highest BCUT2D eigenvalue weighted by Gasteiger charge is 2.16. The van der Waals surface area contributed by atoms with E-state index in [0.717, 1.165) is 23.0 Å². The van der Waals surface area contributed by atoms with Gasteiger partial charge in [-0.25, -0.2) is 4.79 Å². The second-order valence-corrected chi connectivity index (χ2v) is 4.54. The minimum absolute atomic E-state index is 0.312. The smallest absolute Gasteiger partial charge is 0.336 e. The van der Waals surface area contributed by atoms with Gasteiger partial charge in [0.2, 0.25) is 0 Å². The van der Waals surface area contributed by atoms with Gasteiger partial charge in [-0.1, -0.05) is 0 Å². The third-order valence-corrected chi connectivity index (χ3v) is 3.28. The van der Waals surface area contributed by atoms with Crippen LogP contribution in [-0.2, 0) is 6.54 Å². The van der Waals surface area contributed by atoms with E-state index in [0.29, 0.717) is 11.1 Å². The average Bonchev–Trinajstić information content (AvgIpc) is 2.65. The maximum Gasteiger partial charge on any atom is 0.336 e. The van der Waals surface area contributed by atoms with Crippen LogP contribution >= 0.6 is 0 Å². The number of carboxylic acids is 1. The lowest BCUT2D eigenvalue weighted by molar-refractivity contribution is 0.0696. The Balaban J connectivity index is 2.80. The highest BCUT2D eigenvalue weighted by atomic mass is 16.4. The zero-order valence-electron chi connectivity index (χ0n) is 10.8. The molecule has 0 saturated heterocycles. The SMILES string of the molecule is CCn1cc(C(C)O)c2cc(C)c(C(=O)O)cc21. The Kier molecular flexibility index (Phi) is 3.13. The molecule has 1 aromatic carbocycles. The van der Waals surface area contributed by atoms with Crippen molar-refractivity contribution in [1.29, 1.82) is 0 Å². The second kappa shape index (κ2) is 4.46. The molecule has 0 aliphatic rings. The number of aromatic carboxylic acids is 1. The molecular weight excluding hydrogens is 230 g/mol. The van der Waals surface area contributed by atoms with Gasteiger partial charge in [0.05, 0.1) is 11.7 Å². The van der Waals surface area contributed by atoms with Crippen LogP contribution in [0.2, 0.25) is 0 Å². The van der Waals surface area contributed by atoms with Gasteiger partial charge in [0.15, 0.2) is 0 Å². The van der Waals surface area contributed by atoms with Crippen LogP contribution in [0.25, 0.3) is 10.9 Å². The number of rotatable bonds is 3. The fourth-order valence-corrected chi connectivity index (χ4v) is 2.30. The summed E-state index contributed by atoms with van der Waals surface area (Å²) in [7, 11) is 0. The Morgan fingerprint density at radius 3 is 2.61 bits per heavy atom. The zero-order valence-corrected chi connectivity index (χ0v) is 10.8. The van der Waals surface area contributed by atoms with Crippen molar-refractivity contribution in [3.8, 4) is 0 Å². The van der Waals surface area contributed by atoms with E-state index in [1.165, 1.54) is 0 Å². The highest BCUT2D eigenvalue weighted by molar-refractivity contribution is 5.96. The molecule has 1 heterocycles. The predicted octanol–water partition coefficient (Wildman–Crippen LogP) is 2.72. The highest BCUT2D eigenvalue weighted by Crippen LogP contribution is 2.29. The topological polar surface area (TPSA) is 62.5 Å². The molecule has 1 unspecified atom stereocenters. The zero-order chi connectivity index (χ0) is 13.4. The third kappa shape index (κ3) is 1.88. The molecule has 4 heteroatoms. The van der Waals surface area contributed by atoms with Crippen LogP contribution in [0.3, 0.4) is 0 Å². The average molecular weight is 247 g/mol. The second-order valence-electron chi connectivity index (χ2n) is 4.54. The van der Waals surface area contributed by atoms with Gasteiger partial charge in [-0.3, -0.25) is 0 Å². The number of carbonyl (C=O) groups is 1. The Hall–Kier alpha value is -1.81. The largest absolute Gasteiger partial charge is 0.478 e. The lowest BCUT2D eigenvalue weighted by atomic mass is 10.0. The van der Waals surface area contributed by atoms with Crippen molar-refractivity contribution >= 4 is 16.9 Å². The van der Waals surface area contributed by atoms with Gasteiger partial charge in [0, 0.05) is 29.2 Å². The van der Waals surface area contributed by atoms with Crippen LogP contribution in [0.1, 0.15) is 41.4 Å². The summed E-state index contributed by atoms with van der Waals surface area (Å²) in [5.41, 5.74) is 2.72. The van der Waals surface area contributed by atoms with Gasteiger partial charge >= 0.3 is 5.97 Å². The first kappa shape index (κ1) is 12.6. The Morgan fingerprint density at radius 1 is 1.44 bits per heavy atom. The molecule has 0 bridgehead atoms. The minimum Gasteiger partial charge on any atom is -0.478 e. The first-order valence-corrected chi connectivity index (χ1v) is 6.00. The van der Waals surface area contributed by atoms with Gasteiger partial charge in [0.1, 0.15) is 0 Å². The summed E-state index contributed by atoms with van der Waals surface area (Å²) in [4.78, 5) is 11.1. The quantitative estimate of drug-likeness (QED) is 0.876. The van der Waals surface area contributed by atoms with E-state index in [4.69, 9.17) is 5.11 Å². The predicted molar refractivity (Wildman–Crippen MR) is 69.9 cm³/mol. The number of nitrogens with zero attached hydrogens (tertiary/aromatic N) is 1. The molecule has 1 atom stereocenters. The molecule has 4 nitrogen and oxygen atoms in total. The summed E-state index contributed by atoms with van der Waals surface area (Å²) < 4.78 is 1.96. The number of benzene rings is 1. The number of aliphatic hydroxyl groups is 1. The fourth-order valence-electron chi connectivity index (χ4n) is 2.30. The fraction of sp³-hybridized carbons (Fsp3) is 0.357. The number of aromatic nitrogens is 1. The van der Waals surface area contributed by atoms with E-state index in [-0.39, 0.29) is 0 Å². The van der Waals surface area contributed by atoms with Gasteiger partial charge in [0.25, 0.3) is 0 Å². The summed E-state index contributed by atoms with van der Waals surface area (Å²) >= 11 is 0. The van der Waals surface area contributed by atoms with Crippen molar-refractivity contribution in [2.75, 3.05) is 0 Å². The van der Waals surface area contributed by atoms with Crippen molar-refractivity contribution in [3.05, 3.63) is 35.0 Å². The summed E-state index contributed by atoms with van der Waals surface area (Å²) in [6, 6.07) is 3.52. The molecule has 2 rings (SSSR count). The number of fused-ring (bicyclic) bond motifs is 1. The molecule has 0 radical (unpaired) electrons. The van der Waals surface area contributed by atoms with E-state index in [1.54, 1.807) is 19.9 Å². The number of hydrogen-bond donors (Lipinski definition) is 2. The molecule has 0 fully saturated rings. The molecular formula is C14H17NO3.